The summed E-state index contributed by atoms with van der Waals surface area (Å²) >= 11 is 0. The van der Waals surface area contributed by atoms with Gasteiger partial charge in [-0.15, -0.1) is 0 Å². The molecule has 0 radical (unpaired) electrons. The zero-order valence-corrected chi connectivity index (χ0v) is 13.1. The summed E-state index contributed by atoms with van der Waals surface area (Å²) < 4.78 is 25.2. The van der Waals surface area contributed by atoms with E-state index in [4.69, 9.17) is 0 Å². The van der Waals surface area contributed by atoms with Gasteiger partial charge in [-0.05, 0) is 32.2 Å². The number of hydrogen-bond acceptors (Lipinski definition) is 5. The lowest BCUT2D eigenvalue weighted by molar-refractivity contribution is 0.368. The van der Waals surface area contributed by atoms with Crippen molar-refractivity contribution in [2.24, 2.45) is 5.92 Å². The standard InChI is InChI=1S/C13H24N4O2S/c1-3-6-14-12(11-5-7-20(18,19)9-11)8-13-15-10-16-17(13)4-2/h10-12,14H,3-9H2,1-2H3. The van der Waals surface area contributed by atoms with Crippen LogP contribution in [0.15, 0.2) is 6.33 Å². The molecule has 20 heavy (non-hydrogen) atoms. The predicted molar refractivity (Wildman–Crippen MR) is 78.2 cm³/mol. The summed E-state index contributed by atoms with van der Waals surface area (Å²) in [5.41, 5.74) is 0. The van der Waals surface area contributed by atoms with Gasteiger partial charge in [0.2, 0.25) is 0 Å². The minimum Gasteiger partial charge on any atom is -0.313 e. The van der Waals surface area contributed by atoms with Crippen LogP contribution >= 0.6 is 0 Å². The van der Waals surface area contributed by atoms with Crippen molar-refractivity contribution in [3.63, 3.8) is 0 Å². The van der Waals surface area contributed by atoms with Crippen LogP contribution < -0.4 is 5.32 Å². The minimum absolute atomic E-state index is 0.168. The molecule has 6 nitrogen and oxygen atoms in total. The van der Waals surface area contributed by atoms with E-state index in [0.717, 1.165) is 38.2 Å². The lowest BCUT2D eigenvalue weighted by Gasteiger charge is -2.23. The maximum atomic E-state index is 11.7. The fourth-order valence-electron chi connectivity index (χ4n) is 2.78. The van der Waals surface area contributed by atoms with Crippen molar-refractivity contribution < 1.29 is 8.42 Å². The molecule has 0 amide bonds. The molecule has 1 aliphatic heterocycles. The first-order valence-corrected chi connectivity index (χ1v) is 9.18. The van der Waals surface area contributed by atoms with Crippen LogP contribution in [0.2, 0.25) is 0 Å². The molecule has 0 aliphatic carbocycles. The van der Waals surface area contributed by atoms with Gasteiger partial charge in [-0.2, -0.15) is 5.10 Å². The smallest absolute Gasteiger partial charge is 0.150 e. The van der Waals surface area contributed by atoms with Crippen molar-refractivity contribution in [2.45, 2.75) is 45.7 Å². The molecule has 1 aliphatic rings. The van der Waals surface area contributed by atoms with Gasteiger partial charge >= 0.3 is 0 Å². The predicted octanol–water partition coefficient (Wildman–Crippen LogP) is 0.643. The molecule has 1 fully saturated rings. The van der Waals surface area contributed by atoms with Gasteiger partial charge in [0.15, 0.2) is 9.84 Å². The number of aryl methyl sites for hydroxylation is 1. The molecule has 0 spiro atoms. The summed E-state index contributed by atoms with van der Waals surface area (Å²) in [5.74, 6) is 1.75. The summed E-state index contributed by atoms with van der Waals surface area (Å²) in [6.45, 7) is 5.84. The zero-order chi connectivity index (χ0) is 14.6. The van der Waals surface area contributed by atoms with E-state index < -0.39 is 9.84 Å². The second kappa shape index (κ2) is 6.67. The van der Waals surface area contributed by atoms with Crippen LogP contribution in [-0.4, -0.2) is 47.3 Å². The largest absolute Gasteiger partial charge is 0.313 e. The first-order valence-electron chi connectivity index (χ1n) is 7.36. The Kier molecular flexibility index (Phi) is 5.15. The fourth-order valence-corrected chi connectivity index (χ4v) is 4.66. The maximum absolute atomic E-state index is 11.7. The van der Waals surface area contributed by atoms with E-state index in [-0.39, 0.29) is 12.0 Å². The molecule has 1 aromatic rings. The molecule has 114 valence electrons. The Morgan fingerprint density at radius 1 is 1.50 bits per heavy atom. The Balaban J connectivity index is 2.08. The van der Waals surface area contributed by atoms with Gasteiger partial charge in [-0.3, -0.25) is 4.68 Å². The number of hydrogen-bond donors (Lipinski definition) is 1. The number of rotatable bonds is 7. The van der Waals surface area contributed by atoms with Crippen molar-refractivity contribution in [1.29, 1.82) is 0 Å². The van der Waals surface area contributed by atoms with Gasteiger partial charge in [0, 0.05) is 19.0 Å². The van der Waals surface area contributed by atoms with Crippen LogP contribution in [0, 0.1) is 5.92 Å². The fraction of sp³-hybridized carbons (Fsp3) is 0.846. The second-order valence-corrected chi connectivity index (χ2v) is 7.65. The minimum atomic E-state index is -2.84. The molecular weight excluding hydrogens is 276 g/mol. The molecule has 2 heterocycles. The SMILES string of the molecule is CCCNC(Cc1ncnn1CC)C1CCS(=O)(=O)C1. The monoisotopic (exact) mass is 300 g/mol. The highest BCUT2D eigenvalue weighted by atomic mass is 32.2. The molecule has 1 aromatic heterocycles. The summed E-state index contributed by atoms with van der Waals surface area (Å²) in [7, 11) is -2.84. The van der Waals surface area contributed by atoms with E-state index in [9.17, 15) is 8.42 Å². The van der Waals surface area contributed by atoms with Crippen molar-refractivity contribution in [3.05, 3.63) is 12.2 Å². The molecule has 0 aromatic carbocycles. The molecule has 2 rings (SSSR count). The molecule has 1 N–H and O–H groups in total. The van der Waals surface area contributed by atoms with E-state index in [0.29, 0.717) is 11.5 Å². The Labute approximate surface area is 120 Å². The second-order valence-electron chi connectivity index (χ2n) is 5.42. The highest BCUT2D eigenvalue weighted by molar-refractivity contribution is 7.91. The third-order valence-electron chi connectivity index (χ3n) is 3.89. The molecule has 2 unspecified atom stereocenters. The molecule has 7 heteroatoms. The van der Waals surface area contributed by atoms with Gasteiger partial charge in [-0.1, -0.05) is 6.92 Å². The van der Waals surface area contributed by atoms with Gasteiger partial charge in [-0.25, -0.2) is 13.4 Å². The average molecular weight is 300 g/mol. The topological polar surface area (TPSA) is 76.9 Å². The molecule has 0 saturated carbocycles. The van der Waals surface area contributed by atoms with Gasteiger partial charge in [0.05, 0.1) is 11.5 Å². The molecule has 0 bridgehead atoms. The first kappa shape index (κ1) is 15.4. The Morgan fingerprint density at radius 3 is 2.90 bits per heavy atom. The molecular formula is C13H24N4O2S. The summed E-state index contributed by atoms with van der Waals surface area (Å²) in [4.78, 5) is 4.31. The van der Waals surface area contributed by atoms with E-state index in [1.807, 2.05) is 11.6 Å². The van der Waals surface area contributed by atoms with E-state index in [1.54, 1.807) is 6.33 Å². The normalized spacial score (nSPS) is 23.0. The third kappa shape index (κ3) is 3.79. The zero-order valence-electron chi connectivity index (χ0n) is 12.2. The number of aromatic nitrogens is 3. The summed E-state index contributed by atoms with van der Waals surface area (Å²) in [6, 6.07) is 0.168. The van der Waals surface area contributed by atoms with Crippen LogP contribution in [0.3, 0.4) is 0 Å². The van der Waals surface area contributed by atoms with Crippen LogP contribution in [0.1, 0.15) is 32.5 Å². The maximum Gasteiger partial charge on any atom is 0.150 e. The van der Waals surface area contributed by atoms with Crippen LogP contribution in [0.5, 0.6) is 0 Å². The Hall–Kier alpha value is -0.950. The quantitative estimate of drug-likeness (QED) is 0.800. The Bertz CT molecular complexity index is 526. The van der Waals surface area contributed by atoms with E-state index in [1.165, 1.54) is 0 Å². The number of sulfone groups is 1. The molecule has 1 saturated heterocycles. The van der Waals surface area contributed by atoms with Gasteiger partial charge in [0.1, 0.15) is 12.2 Å². The van der Waals surface area contributed by atoms with E-state index >= 15 is 0 Å². The van der Waals surface area contributed by atoms with E-state index in [2.05, 4.69) is 22.3 Å². The highest BCUT2D eigenvalue weighted by Gasteiger charge is 2.34. The summed E-state index contributed by atoms with van der Waals surface area (Å²) in [6.07, 6.45) is 4.11. The lowest BCUT2D eigenvalue weighted by Crippen LogP contribution is -2.40. The average Bonchev–Trinajstić information content (AvgIpc) is 3.00. The third-order valence-corrected chi connectivity index (χ3v) is 5.68. The lowest BCUT2D eigenvalue weighted by atomic mass is 9.96. The van der Waals surface area contributed by atoms with Crippen LogP contribution in [0.4, 0.5) is 0 Å². The van der Waals surface area contributed by atoms with Crippen molar-refractivity contribution in [3.8, 4) is 0 Å². The summed E-state index contributed by atoms with van der Waals surface area (Å²) in [5, 5.41) is 7.68. The highest BCUT2D eigenvalue weighted by Crippen LogP contribution is 2.23. The number of nitrogens with zero attached hydrogens (tertiary/aromatic N) is 3. The van der Waals surface area contributed by atoms with Gasteiger partial charge < -0.3 is 5.32 Å². The Morgan fingerprint density at radius 2 is 2.30 bits per heavy atom. The van der Waals surface area contributed by atoms with Crippen molar-refractivity contribution in [2.75, 3.05) is 18.1 Å². The number of nitrogens with one attached hydrogen (secondary N) is 1. The first-order chi connectivity index (χ1) is 9.55. The van der Waals surface area contributed by atoms with Crippen molar-refractivity contribution in [1.82, 2.24) is 20.1 Å². The van der Waals surface area contributed by atoms with Crippen LogP contribution in [0.25, 0.3) is 0 Å². The molecule has 2 atom stereocenters. The van der Waals surface area contributed by atoms with Gasteiger partial charge in [0.25, 0.3) is 0 Å². The van der Waals surface area contributed by atoms with Crippen molar-refractivity contribution >= 4 is 9.84 Å². The van der Waals surface area contributed by atoms with Crippen LogP contribution in [-0.2, 0) is 22.8 Å².